The SMILES string of the molecule is O=S(=O)(CCNc1ccc2c(Cl)ccnc2c1F)N1CCOCC1. The highest BCUT2D eigenvalue weighted by Crippen LogP contribution is 2.27. The van der Waals surface area contributed by atoms with Crippen LogP contribution in [0.1, 0.15) is 0 Å². The molecule has 0 spiro atoms. The second-order valence-electron chi connectivity index (χ2n) is 5.37. The third-order valence-corrected chi connectivity index (χ3v) is 6.04. The first kappa shape index (κ1) is 17.3. The number of hydrogen-bond donors (Lipinski definition) is 1. The zero-order valence-corrected chi connectivity index (χ0v) is 14.4. The highest BCUT2D eigenvalue weighted by Gasteiger charge is 2.23. The van der Waals surface area contributed by atoms with Gasteiger partial charge in [0.15, 0.2) is 5.82 Å². The predicted molar refractivity (Wildman–Crippen MR) is 91.4 cm³/mol. The summed E-state index contributed by atoms with van der Waals surface area (Å²) in [4.78, 5) is 3.99. The van der Waals surface area contributed by atoms with Crippen LogP contribution in [0.3, 0.4) is 0 Å². The molecule has 3 rings (SSSR count). The van der Waals surface area contributed by atoms with Gasteiger partial charge in [-0.25, -0.2) is 12.8 Å². The molecule has 1 aliphatic heterocycles. The average Bonchev–Trinajstić information content (AvgIpc) is 2.58. The number of halogens is 2. The Morgan fingerprint density at radius 2 is 2.04 bits per heavy atom. The number of nitrogens with one attached hydrogen (secondary N) is 1. The second-order valence-corrected chi connectivity index (χ2v) is 7.87. The molecule has 0 saturated carbocycles. The van der Waals surface area contributed by atoms with Gasteiger partial charge in [-0.1, -0.05) is 11.6 Å². The van der Waals surface area contributed by atoms with Crippen molar-refractivity contribution in [1.82, 2.24) is 9.29 Å². The molecule has 0 amide bonds. The lowest BCUT2D eigenvalue weighted by atomic mass is 10.2. The van der Waals surface area contributed by atoms with Gasteiger partial charge >= 0.3 is 0 Å². The molecule has 0 atom stereocenters. The summed E-state index contributed by atoms with van der Waals surface area (Å²) in [6.45, 7) is 1.61. The number of morpholine rings is 1. The van der Waals surface area contributed by atoms with E-state index in [4.69, 9.17) is 16.3 Å². The summed E-state index contributed by atoms with van der Waals surface area (Å²) < 4.78 is 45.5. The molecule has 1 fully saturated rings. The summed E-state index contributed by atoms with van der Waals surface area (Å²) in [5, 5.41) is 3.76. The second kappa shape index (κ2) is 7.18. The van der Waals surface area contributed by atoms with E-state index >= 15 is 0 Å². The highest BCUT2D eigenvalue weighted by molar-refractivity contribution is 7.89. The van der Waals surface area contributed by atoms with Crippen molar-refractivity contribution in [3.05, 3.63) is 35.2 Å². The number of pyridine rings is 1. The third-order valence-electron chi connectivity index (χ3n) is 3.84. The quantitative estimate of drug-likeness (QED) is 0.869. The number of aromatic nitrogens is 1. The van der Waals surface area contributed by atoms with E-state index in [1.54, 1.807) is 12.1 Å². The Balaban J connectivity index is 1.69. The molecule has 2 heterocycles. The molecular weight excluding hydrogens is 357 g/mol. The van der Waals surface area contributed by atoms with E-state index < -0.39 is 15.8 Å². The average molecular weight is 374 g/mol. The minimum absolute atomic E-state index is 0.0999. The van der Waals surface area contributed by atoms with Gasteiger partial charge in [0.25, 0.3) is 0 Å². The Bertz CT molecular complexity index is 841. The Labute approximate surface area is 144 Å². The molecule has 24 heavy (non-hydrogen) atoms. The zero-order valence-electron chi connectivity index (χ0n) is 12.8. The van der Waals surface area contributed by atoms with Gasteiger partial charge < -0.3 is 10.1 Å². The molecule has 1 aliphatic rings. The molecule has 0 bridgehead atoms. The van der Waals surface area contributed by atoms with Crippen LogP contribution in [0.2, 0.25) is 5.02 Å². The maximum Gasteiger partial charge on any atom is 0.215 e. The van der Waals surface area contributed by atoms with E-state index in [-0.39, 0.29) is 23.5 Å². The fourth-order valence-corrected chi connectivity index (χ4v) is 4.09. The number of benzene rings is 1. The lowest BCUT2D eigenvalue weighted by Crippen LogP contribution is -2.42. The van der Waals surface area contributed by atoms with Crippen molar-refractivity contribution in [2.75, 3.05) is 43.9 Å². The van der Waals surface area contributed by atoms with Crippen molar-refractivity contribution < 1.29 is 17.5 Å². The summed E-state index contributed by atoms with van der Waals surface area (Å²) in [6, 6.07) is 4.78. The van der Waals surface area contributed by atoms with E-state index in [1.807, 2.05) is 0 Å². The number of fused-ring (bicyclic) bond motifs is 1. The molecule has 0 aliphatic carbocycles. The zero-order chi connectivity index (χ0) is 17.2. The predicted octanol–water partition coefficient (Wildman–Crippen LogP) is 2.10. The van der Waals surface area contributed by atoms with Crippen LogP contribution in [-0.2, 0) is 14.8 Å². The van der Waals surface area contributed by atoms with Crippen LogP contribution in [0.4, 0.5) is 10.1 Å². The Morgan fingerprint density at radius 3 is 2.79 bits per heavy atom. The van der Waals surface area contributed by atoms with Gasteiger partial charge in [-0.15, -0.1) is 0 Å². The van der Waals surface area contributed by atoms with Crippen molar-refractivity contribution in [3.63, 3.8) is 0 Å². The highest BCUT2D eigenvalue weighted by atomic mass is 35.5. The van der Waals surface area contributed by atoms with Crippen molar-refractivity contribution in [2.45, 2.75) is 0 Å². The number of nitrogens with zero attached hydrogens (tertiary/aromatic N) is 2. The molecule has 130 valence electrons. The van der Waals surface area contributed by atoms with Crippen LogP contribution in [-0.4, -0.2) is 56.3 Å². The van der Waals surface area contributed by atoms with Crippen molar-refractivity contribution >= 4 is 38.2 Å². The molecule has 1 aromatic carbocycles. The van der Waals surface area contributed by atoms with Crippen LogP contribution in [0.25, 0.3) is 10.9 Å². The van der Waals surface area contributed by atoms with E-state index in [0.717, 1.165) is 0 Å². The van der Waals surface area contributed by atoms with Gasteiger partial charge in [-0.3, -0.25) is 4.98 Å². The summed E-state index contributed by atoms with van der Waals surface area (Å²) in [6.07, 6.45) is 1.43. The first-order valence-electron chi connectivity index (χ1n) is 7.51. The standard InChI is InChI=1S/C15H17ClFN3O3S/c16-12-3-4-19-15-11(12)1-2-13(14(15)17)18-5-10-24(21,22)20-6-8-23-9-7-20/h1-4,18H,5-10H2. The van der Waals surface area contributed by atoms with E-state index in [1.165, 1.54) is 16.6 Å². The largest absolute Gasteiger partial charge is 0.382 e. The van der Waals surface area contributed by atoms with Crippen molar-refractivity contribution in [1.29, 1.82) is 0 Å². The van der Waals surface area contributed by atoms with E-state index in [0.29, 0.717) is 36.7 Å². The Morgan fingerprint density at radius 1 is 1.29 bits per heavy atom. The molecule has 2 aromatic rings. The number of rotatable bonds is 5. The molecule has 1 saturated heterocycles. The van der Waals surface area contributed by atoms with Crippen LogP contribution in [0.5, 0.6) is 0 Å². The maximum atomic E-state index is 14.5. The molecule has 1 aromatic heterocycles. The van der Waals surface area contributed by atoms with Gasteiger partial charge in [0.2, 0.25) is 10.0 Å². The van der Waals surface area contributed by atoms with Gasteiger partial charge in [0, 0.05) is 31.2 Å². The molecule has 1 N–H and O–H groups in total. The number of sulfonamides is 1. The summed E-state index contributed by atoms with van der Waals surface area (Å²) in [7, 11) is -3.38. The van der Waals surface area contributed by atoms with E-state index in [2.05, 4.69) is 10.3 Å². The third kappa shape index (κ3) is 3.61. The maximum absolute atomic E-state index is 14.5. The minimum Gasteiger partial charge on any atom is -0.382 e. The molecule has 0 radical (unpaired) electrons. The topological polar surface area (TPSA) is 71.5 Å². The van der Waals surface area contributed by atoms with Crippen LogP contribution >= 0.6 is 11.6 Å². The smallest absolute Gasteiger partial charge is 0.215 e. The Kier molecular flexibility index (Phi) is 5.19. The fraction of sp³-hybridized carbons (Fsp3) is 0.400. The number of ether oxygens (including phenoxy) is 1. The monoisotopic (exact) mass is 373 g/mol. The van der Waals surface area contributed by atoms with Crippen molar-refractivity contribution in [3.8, 4) is 0 Å². The first-order chi connectivity index (χ1) is 11.5. The van der Waals surface area contributed by atoms with E-state index in [9.17, 15) is 12.8 Å². The summed E-state index contributed by atoms with van der Waals surface area (Å²) >= 11 is 6.01. The first-order valence-corrected chi connectivity index (χ1v) is 9.50. The van der Waals surface area contributed by atoms with Gasteiger partial charge in [-0.2, -0.15) is 4.31 Å². The summed E-state index contributed by atoms with van der Waals surface area (Å²) in [5.41, 5.74) is 0.359. The van der Waals surface area contributed by atoms with Crippen LogP contribution in [0, 0.1) is 5.82 Å². The molecular formula is C15H17ClFN3O3S. The normalized spacial score (nSPS) is 16.4. The lowest BCUT2D eigenvalue weighted by Gasteiger charge is -2.26. The Hall–Kier alpha value is -1.48. The fourth-order valence-electron chi connectivity index (χ4n) is 2.56. The van der Waals surface area contributed by atoms with Crippen molar-refractivity contribution in [2.24, 2.45) is 0 Å². The number of hydrogen-bond acceptors (Lipinski definition) is 5. The minimum atomic E-state index is -3.38. The van der Waals surface area contributed by atoms with Crippen LogP contribution < -0.4 is 5.32 Å². The molecule has 6 nitrogen and oxygen atoms in total. The summed E-state index contributed by atoms with van der Waals surface area (Å²) in [5.74, 6) is -0.660. The number of anilines is 1. The van der Waals surface area contributed by atoms with Crippen LogP contribution in [0.15, 0.2) is 24.4 Å². The van der Waals surface area contributed by atoms with Gasteiger partial charge in [-0.05, 0) is 18.2 Å². The molecule has 0 unspecified atom stereocenters. The molecule has 9 heteroatoms. The van der Waals surface area contributed by atoms with Gasteiger partial charge in [0.05, 0.1) is 29.7 Å². The lowest BCUT2D eigenvalue weighted by molar-refractivity contribution is 0.0731. The van der Waals surface area contributed by atoms with Gasteiger partial charge in [0.1, 0.15) is 5.52 Å².